The van der Waals surface area contributed by atoms with E-state index in [9.17, 15) is 4.79 Å². The Bertz CT molecular complexity index is 424. The zero-order valence-electron chi connectivity index (χ0n) is 11.3. The summed E-state index contributed by atoms with van der Waals surface area (Å²) in [6.45, 7) is 4.82. The van der Waals surface area contributed by atoms with Crippen molar-refractivity contribution in [3.63, 3.8) is 0 Å². The number of rotatable bonds is 6. The number of amides is 1. The van der Waals surface area contributed by atoms with Crippen LogP contribution in [-0.4, -0.2) is 28.9 Å². The molecule has 100 valence electrons. The van der Waals surface area contributed by atoms with E-state index in [1.807, 2.05) is 25.6 Å². The molecule has 5 heteroatoms. The Balaban J connectivity index is 1.76. The van der Waals surface area contributed by atoms with E-state index in [1.165, 1.54) is 12.8 Å². The Morgan fingerprint density at radius 2 is 2.39 bits per heavy atom. The zero-order valence-corrected chi connectivity index (χ0v) is 11.3. The van der Waals surface area contributed by atoms with E-state index in [-0.39, 0.29) is 18.6 Å². The maximum absolute atomic E-state index is 11.7. The minimum absolute atomic E-state index is 0.0317. The van der Waals surface area contributed by atoms with Gasteiger partial charge < -0.3 is 10.1 Å². The SMILES string of the molecule is Cc1c(C(C)NC(=O)COCC2CC2)cnn1C. The van der Waals surface area contributed by atoms with Crippen molar-refractivity contribution >= 4 is 5.91 Å². The summed E-state index contributed by atoms with van der Waals surface area (Å²) >= 11 is 0. The predicted molar refractivity (Wildman–Crippen MR) is 68.0 cm³/mol. The molecule has 1 heterocycles. The van der Waals surface area contributed by atoms with Crippen LogP contribution in [0.4, 0.5) is 0 Å². The van der Waals surface area contributed by atoms with Crippen LogP contribution < -0.4 is 5.32 Å². The standard InChI is InChI=1S/C13H21N3O2/c1-9(12-6-14-16(3)10(12)2)15-13(17)8-18-7-11-4-5-11/h6,9,11H,4-5,7-8H2,1-3H3,(H,15,17). The highest BCUT2D eigenvalue weighted by Gasteiger charge is 2.22. The molecule has 0 bridgehead atoms. The van der Waals surface area contributed by atoms with Crippen LogP contribution in [0.2, 0.25) is 0 Å². The van der Waals surface area contributed by atoms with Gasteiger partial charge in [-0.2, -0.15) is 5.10 Å². The van der Waals surface area contributed by atoms with Gasteiger partial charge in [-0.3, -0.25) is 9.48 Å². The lowest BCUT2D eigenvalue weighted by Crippen LogP contribution is -2.30. The number of carbonyl (C=O) groups is 1. The quantitative estimate of drug-likeness (QED) is 0.830. The van der Waals surface area contributed by atoms with Gasteiger partial charge in [-0.15, -0.1) is 0 Å². The molecule has 0 radical (unpaired) electrons. The Labute approximate surface area is 108 Å². The van der Waals surface area contributed by atoms with Gasteiger partial charge in [0.15, 0.2) is 0 Å². The Kier molecular flexibility index (Phi) is 4.01. The Morgan fingerprint density at radius 3 is 2.94 bits per heavy atom. The fraction of sp³-hybridized carbons (Fsp3) is 0.692. The van der Waals surface area contributed by atoms with Crippen molar-refractivity contribution in [3.05, 3.63) is 17.5 Å². The van der Waals surface area contributed by atoms with Crippen molar-refractivity contribution in [2.75, 3.05) is 13.2 Å². The summed E-state index contributed by atoms with van der Waals surface area (Å²) in [7, 11) is 1.89. The summed E-state index contributed by atoms with van der Waals surface area (Å²) in [5.41, 5.74) is 2.12. The first-order valence-corrected chi connectivity index (χ1v) is 6.43. The van der Waals surface area contributed by atoms with E-state index < -0.39 is 0 Å². The molecular weight excluding hydrogens is 230 g/mol. The van der Waals surface area contributed by atoms with E-state index in [0.717, 1.165) is 11.3 Å². The minimum atomic E-state index is -0.0635. The molecule has 1 fully saturated rings. The van der Waals surface area contributed by atoms with Crippen molar-refractivity contribution in [2.45, 2.75) is 32.7 Å². The van der Waals surface area contributed by atoms with Gasteiger partial charge >= 0.3 is 0 Å². The van der Waals surface area contributed by atoms with Crippen molar-refractivity contribution in [2.24, 2.45) is 13.0 Å². The van der Waals surface area contributed by atoms with Crippen molar-refractivity contribution in [1.82, 2.24) is 15.1 Å². The van der Waals surface area contributed by atoms with Crippen molar-refractivity contribution in [3.8, 4) is 0 Å². The predicted octanol–water partition coefficient (Wildman–Crippen LogP) is 1.33. The van der Waals surface area contributed by atoms with E-state index in [1.54, 1.807) is 6.20 Å². The maximum Gasteiger partial charge on any atom is 0.246 e. The number of ether oxygens (including phenoxy) is 1. The van der Waals surface area contributed by atoms with Crippen LogP contribution in [0.1, 0.15) is 37.1 Å². The van der Waals surface area contributed by atoms with Gasteiger partial charge in [-0.25, -0.2) is 0 Å². The molecule has 0 saturated heterocycles. The number of hydrogen-bond acceptors (Lipinski definition) is 3. The number of aryl methyl sites for hydroxylation is 1. The number of nitrogens with one attached hydrogen (secondary N) is 1. The van der Waals surface area contributed by atoms with E-state index >= 15 is 0 Å². The molecule has 18 heavy (non-hydrogen) atoms. The molecule has 1 atom stereocenters. The zero-order chi connectivity index (χ0) is 13.1. The molecule has 1 unspecified atom stereocenters. The van der Waals surface area contributed by atoms with E-state index in [2.05, 4.69) is 10.4 Å². The van der Waals surface area contributed by atoms with Crippen LogP contribution in [0, 0.1) is 12.8 Å². The molecular formula is C13H21N3O2. The molecule has 5 nitrogen and oxygen atoms in total. The maximum atomic E-state index is 11.7. The largest absolute Gasteiger partial charge is 0.371 e. The summed E-state index contributed by atoms with van der Waals surface area (Å²) in [6.07, 6.45) is 4.28. The van der Waals surface area contributed by atoms with E-state index in [4.69, 9.17) is 4.74 Å². The summed E-state index contributed by atoms with van der Waals surface area (Å²) in [4.78, 5) is 11.7. The minimum Gasteiger partial charge on any atom is -0.371 e. The Morgan fingerprint density at radius 1 is 1.67 bits per heavy atom. The van der Waals surface area contributed by atoms with Crippen molar-refractivity contribution in [1.29, 1.82) is 0 Å². The highest BCUT2D eigenvalue weighted by atomic mass is 16.5. The fourth-order valence-electron chi connectivity index (χ4n) is 1.90. The van der Waals surface area contributed by atoms with Crippen LogP contribution in [-0.2, 0) is 16.6 Å². The second-order valence-corrected chi connectivity index (χ2v) is 5.06. The topological polar surface area (TPSA) is 56.1 Å². The lowest BCUT2D eigenvalue weighted by atomic mass is 10.1. The van der Waals surface area contributed by atoms with E-state index in [0.29, 0.717) is 12.5 Å². The third-order valence-corrected chi connectivity index (χ3v) is 3.40. The first kappa shape index (κ1) is 13.1. The average Bonchev–Trinajstić information content (AvgIpc) is 3.07. The normalized spacial score (nSPS) is 16.6. The summed E-state index contributed by atoms with van der Waals surface area (Å²) in [5, 5.41) is 7.10. The molecule has 1 aliphatic carbocycles. The van der Waals surface area contributed by atoms with Gasteiger partial charge in [0.05, 0.1) is 18.8 Å². The van der Waals surface area contributed by atoms with Crippen LogP contribution >= 0.6 is 0 Å². The molecule has 1 N–H and O–H groups in total. The third kappa shape index (κ3) is 3.32. The highest BCUT2D eigenvalue weighted by Crippen LogP contribution is 2.28. The molecule has 0 aromatic carbocycles. The van der Waals surface area contributed by atoms with Gasteiger partial charge in [-0.1, -0.05) is 0 Å². The highest BCUT2D eigenvalue weighted by molar-refractivity contribution is 5.77. The van der Waals surface area contributed by atoms with Crippen molar-refractivity contribution < 1.29 is 9.53 Å². The van der Waals surface area contributed by atoms with Crippen LogP contribution in [0.25, 0.3) is 0 Å². The van der Waals surface area contributed by atoms with Crippen LogP contribution in [0.15, 0.2) is 6.20 Å². The number of nitrogens with zero attached hydrogens (tertiary/aromatic N) is 2. The molecule has 1 amide bonds. The Hall–Kier alpha value is -1.36. The average molecular weight is 251 g/mol. The summed E-state index contributed by atoms with van der Waals surface area (Å²) in [5.74, 6) is 0.627. The number of hydrogen-bond donors (Lipinski definition) is 1. The summed E-state index contributed by atoms with van der Waals surface area (Å²) < 4.78 is 7.17. The molecule has 1 aliphatic rings. The molecule has 1 aromatic rings. The monoisotopic (exact) mass is 251 g/mol. The lowest BCUT2D eigenvalue weighted by molar-refractivity contribution is -0.126. The molecule has 2 rings (SSSR count). The first-order chi connectivity index (χ1) is 8.58. The molecule has 1 saturated carbocycles. The van der Waals surface area contributed by atoms with Gasteiger partial charge in [-0.05, 0) is 32.6 Å². The smallest absolute Gasteiger partial charge is 0.246 e. The van der Waals surface area contributed by atoms with Gasteiger partial charge in [0.1, 0.15) is 6.61 Å². The molecule has 0 aliphatic heterocycles. The summed E-state index contributed by atoms with van der Waals surface area (Å²) in [6, 6.07) is -0.0317. The molecule has 1 aromatic heterocycles. The second kappa shape index (κ2) is 5.52. The lowest BCUT2D eigenvalue weighted by Gasteiger charge is -2.13. The number of carbonyl (C=O) groups excluding carboxylic acids is 1. The second-order valence-electron chi connectivity index (χ2n) is 5.06. The van der Waals surface area contributed by atoms with Gasteiger partial charge in [0.25, 0.3) is 0 Å². The van der Waals surface area contributed by atoms with Crippen LogP contribution in [0.5, 0.6) is 0 Å². The van der Waals surface area contributed by atoms with Gasteiger partial charge in [0, 0.05) is 18.3 Å². The number of aromatic nitrogens is 2. The third-order valence-electron chi connectivity index (χ3n) is 3.40. The molecule has 0 spiro atoms. The van der Waals surface area contributed by atoms with Gasteiger partial charge in [0.2, 0.25) is 5.91 Å². The fourth-order valence-corrected chi connectivity index (χ4v) is 1.90. The first-order valence-electron chi connectivity index (χ1n) is 6.43. The van der Waals surface area contributed by atoms with Crippen LogP contribution in [0.3, 0.4) is 0 Å².